The third-order valence-electron chi connectivity index (χ3n) is 4.72. The van der Waals surface area contributed by atoms with E-state index in [2.05, 4.69) is 29.1 Å². The molecule has 0 aliphatic carbocycles. The molecule has 0 fully saturated rings. The maximum absolute atomic E-state index is 11.3. The largest absolute Gasteiger partial charge is 0.507 e. The Bertz CT molecular complexity index is 1020. The number of phenolic OH excluding ortho intramolecular Hbond substituents is 1. The SMILES string of the molecule is CC(C)C[C@H](N)CNc1ccnc(-c2cc(-c3ccc(C(N)=O)cc3)ccc2O)n1. The van der Waals surface area contributed by atoms with Crippen LogP contribution in [0.4, 0.5) is 5.82 Å². The molecule has 1 atom stereocenters. The molecular formula is C23H27N5O2. The summed E-state index contributed by atoms with van der Waals surface area (Å²) in [4.78, 5) is 20.1. The zero-order valence-corrected chi connectivity index (χ0v) is 17.2. The summed E-state index contributed by atoms with van der Waals surface area (Å²) in [6.45, 7) is 4.88. The van der Waals surface area contributed by atoms with Crippen LogP contribution in [0, 0.1) is 5.92 Å². The summed E-state index contributed by atoms with van der Waals surface area (Å²) in [5, 5.41) is 13.6. The molecule has 1 aromatic heterocycles. The van der Waals surface area contributed by atoms with Crippen molar-refractivity contribution in [3.8, 4) is 28.3 Å². The van der Waals surface area contributed by atoms with Gasteiger partial charge >= 0.3 is 0 Å². The minimum Gasteiger partial charge on any atom is -0.507 e. The first-order valence-electron chi connectivity index (χ1n) is 9.89. The monoisotopic (exact) mass is 405 g/mol. The van der Waals surface area contributed by atoms with Gasteiger partial charge < -0.3 is 21.9 Å². The minimum atomic E-state index is -0.473. The van der Waals surface area contributed by atoms with Crippen molar-refractivity contribution in [1.29, 1.82) is 0 Å². The number of nitrogens with two attached hydrogens (primary N) is 2. The Labute approximate surface area is 176 Å². The van der Waals surface area contributed by atoms with Gasteiger partial charge in [0, 0.05) is 24.3 Å². The summed E-state index contributed by atoms with van der Waals surface area (Å²) in [5.74, 6) is 1.19. The number of carbonyl (C=O) groups is 1. The first-order valence-corrected chi connectivity index (χ1v) is 9.89. The van der Waals surface area contributed by atoms with E-state index < -0.39 is 5.91 Å². The Morgan fingerprint density at radius 2 is 1.80 bits per heavy atom. The molecule has 7 heteroatoms. The molecule has 1 amide bonds. The lowest BCUT2D eigenvalue weighted by molar-refractivity contribution is 0.100. The second kappa shape index (κ2) is 9.37. The second-order valence-electron chi connectivity index (χ2n) is 7.71. The summed E-state index contributed by atoms with van der Waals surface area (Å²) in [6.07, 6.45) is 2.56. The zero-order chi connectivity index (χ0) is 21.7. The molecule has 3 aromatic rings. The zero-order valence-electron chi connectivity index (χ0n) is 17.2. The average molecular weight is 406 g/mol. The van der Waals surface area contributed by atoms with Crippen molar-refractivity contribution in [3.63, 3.8) is 0 Å². The van der Waals surface area contributed by atoms with E-state index in [0.717, 1.165) is 17.5 Å². The molecule has 3 rings (SSSR count). The van der Waals surface area contributed by atoms with Crippen LogP contribution in [0.25, 0.3) is 22.5 Å². The predicted octanol–water partition coefficient (Wildman–Crippen LogP) is 3.40. The van der Waals surface area contributed by atoms with Crippen LogP contribution in [0.1, 0.15) is 30.6 Å². The molecule has 30 heavy (non-hydrogen) atoms. The van der Waals surface area contributed by atoms with Crippen LogP contribution in [-0.2, 0) is 0 Å². The van der Waals surface area contributed by atoms with E-state index >= 15 is 0 Å². The smallest absolute Gasteiger partial charge is 0.248 e. The maximum Gasteiger partial charge on any atom is 0.248 e. The van der Waals surface area contributed by atoms with Gasteiger partial charge in [-0.25, -0.2) is 9.97 Å². The molecule has 7 nitrogen and oxygen atoms in total. The Kier molecular flexibility index (Phi) is 6.64. The summed E-state index contributed by atoms with van der Waals surface area (Å²) in [5.41, 5.74) is 14.1. The van der Waals surface area contributed by atoms with Crippen LogP contribution in [0.5, 0.6) is 5.75 Å². The van der Waals surface area contributed by atoms with E-state index in [1.807, 2.05) is 18.2 Å². The Morgan fingerprint density at radius 1 is 1.10 bits per heavy atom. The third kappa shape index (κ3) is 5.33. The Hall–Kier alpha value is -3.45. The first kappa shape index (κ1) is 21.3. The molecule has 0 radical (unpaired) electrons. The van der Waals surface area contributed by atoms with Crippen molar-refractivity contribution in [2.45, 2.75) is 26.3 Å². The number of hydrogen-bond acceptors (Lipinski definition) is 6. The molecular weight excluding hydrogens is 378 g/mol. The molecule has 0 saturated carbocycles. The molecule has 1 heterocycles. The number of aromatic nitrogens is 2. The van der Waals surface area contributed by atoms with Gasteiger partial charge in [-0.2, -0.15) is 0 Å². The third-order valence-corrected chi connectivity index (χ3v) is 4.72. The molecule has 2 aromatic carbocycles. The number of primary amides is 1. The van der Waals surface area contributed by atoms with E-state index in [1.165, 1.54) is 0 Å². The molecule has 6 N–H and O–H groups in total. The number of nitrogens with zero attached hydrogens (tertiary/aromatic N) is 2. The number of hydrogen-bond donors (Lipinski definition) is 4. The summed E-state index contributed by atoms with van der Waals surface area (Å²) in [6, 6.07) is 14.0. The summed E-state index contributed by atoms with van der Waals surface area (Å²) < 4.78 is 0. The number of carbonyl (C=O) groups excluding carboxylic acids is 1. The van der Waals surface area contributed by atoms with E-state index in [0.29, 0.717) is 35.2 Å². The number of anilines is 1. The number of benzene rings is 2. The Balaban J connectivity index is 1.83. The first-order chi connectivity index (χ1) is 14.3. The Morgan fingerprint density at radius 3 is 2.47 bits per heavy atom. The molecule has 0 saturated heterocycles. The van der Waals surface area contributed by atoms with Gasteiger partial charge in [0.2, 0.25) is 5.91 Å². The highest BCUT2D eigenvalue weighted by Crippen LogP contribution is 2.32. The van der Waals surface area contributed by atoms with E-state index in [-0.39, 0.29) is 11.8 Å². The molecule has 156 valence electrons. The highest BCUT2D eigenvalue weighted by molar-refractivity contribution is 5.93. The van der Waals surface area contributed by atoms with Gasteiger partial charge in [-0.15, -0.1) is 0 Å². The second-order valence-corrected chi connectivity index (χ2v) is 7.71. The van der Waals surface area contributed by atoms with Crippen molar-refractivity contribution in [2.75, 3.05) is 11.9 Å². The predicted molar refractivity (Wildman–Crippen MR) is 119 cm³/mol. The number of phenols is 1. The van der Waals surface area contributed by atoms with Gasteiger partial charge in [0.05, 0.1) is 5.56 Å². The molecule has 0 spiro atoms. The topological polar surface area (TPSA) is 127 Å². The lowest BCUT2D eigenvalue weighted by Crippen LogP contribution is -2.30. The molecule has 0 unspecified atom stereocenters. The number of aromatic hydroxyl groups is 1. The fourth-order valence-electron chi connectivity index (χ4n) is 3.23. The number of nitrogens with one attached hydrogen (secondary N) is 1. The van der Waals surface area contributed by atoms with Gasteiger partial charge in [0.15, 0.2) is 5.82 Å². The van der Waals surface area contributed by atoms with E-state index in [1.54, 1.807) is 36.5 Å². The van der Waals surface area contributed by atoms with Gasteiger partial charge in [0.25, 0.3) is 0 Å². The van der Waals surface area contributed by atoms with Gasteiger partial charge in [-0.1, -0.05) is 32.0 Å². The number of rotatable bonds is 8. The highest BCUT2D eigenvalue weighted by atomic mass is 16.3. The summed E-state index contributed by atoms with van der Waals surface area (Å²) in [7, 11) is 0. The van der Waals surface area contributed by atoms with E-state index in [9.17, 15) is 9.90 Å². The minimum absolute atomic E-state index is 0.0310. The number of amides is 1. The normalized spacial score (nSPS) is 12.0. The standard InChI is InChI=1S/C23H27N5O2/c1-14(2)11-18(24)13-27-21-9-10-26-23(28-21)19-12-17(7-8-20(19)29)15-3-5-16(6-4-15)22(25)30/h3-10,12,14,18,29H,11,13,24H2,1-2H3,(H2,25,30)(H,26,27,28)/t18-/m0/s1. The van der Waals surface area contributed by atoms with Crippen LogP contribution in [-0.4, -0.2) is 33.6 Å². The van der Waals surface area contributed by atoms with Crippen LogP contribution in [0.3, 0.4) is 0 Å². The van der Waals surface area contributed by atoms with Crippen LogP contribution in [0.2, 0.25) is 0 Å². The van der Waals surface area contributed by atoms with Crippen molar-refractivity contribution < 1.29 is 9.90 Å². The highest BCUT2D eigenvalue weighted by Gasteiger charge is 2.12. The van der Waals surface area contributed by atoms with Gasteiger partial charge in [-0.05, 0) is 53.8 Å². The quantitative estimate of drug-likeness (QED) is 0.455. The van der Waals surface area contributed by atoms with Crippen molar-refractivity contribution in [3.05, 3.63) is 60.3 Å². The fourth-order valence-corrected chi connectivity index (χ4v) is 3.23. The molecule has 0 bridgehead atoms. The van der Waals surface area contributed by atoms with Crippen molar-refractivity contribution >= 4 is 11.7 Å². The molecule has 0 aliphatic heterocycles. The van der Waals surface area contributed by atoms with Crippen molar-refractivity contribution in [2.24, 2.45) is 17.4 Å². The van der Waals surface area contributed by atoms with Gasteiger partial charge in [-0.3, -0.25) is 4.79 Å². The van der Waals surface area contributed by atoms with E-state index in [4.69, 9.17) is 11.5 Å². The average Bonchev–Trinajstić information content (AvgIpc) is 2.72. The lowest BCUT2D eigenvalue weighted by Gasteiger charge is -2.15. The maximum atomic E-state index is 11.3. The van der Waals surface area contributed by atoms with Gasteiger partial charge in [0.1, 0.15) is 11.6 Å². The van der Waals surface area contributed by atoms with Crippen molar-refractivity contribution in [1.82, 2.24) is 9.97 Å². The summed E-state index contributed by atoms with van der Waals surface area (Å²) >= 11 is 0. The van der Waals surface area contributed by atoms with Crippen LogP contribution in [0.15, 0.2) is 54.7 Å². The fraction of sp³-hybridized carbons (Fsp3) is 0.261. The van der Waals surface area contributed by atoms with Crippen LogP contribution >= 0.6 is 0 Å². The lowest BCUT2D eigenvalue weighted by atomic mass is 10.0. The van der Waals surface area contributed by atoms with Crippen LogP contribution < -0.4 is 16.8 Å². The molecule has 0 aliphatic rings.